The molecule has 4 N–H and O–H groups in total. The van der Waals surface area contributed by atoms with Crippen LogP contribution in [-0.2, 0) is 4.79 Å². The van der Waals surface area contributed by atoms with Crippen LogP contribution < -0.4 is 11.5 Å². The molecule has 0 unspecified atom stereocenters. The molecule has 1 aliphatic heterocycles. The van der Waals surface area contributed by atoms with Crippen molar-refractivity contribution in [3.05, 3.63) is 0 Å². The van der Waals surface area contributed by atoms with Gasteiger partial charge < -0.3 is 16.4 Å². The van der Waals surface area contributed by atoms with Crippen molar-refractivity contribution in [2.75, 3.05) is 19.6 Å². The molecule has 1 rings (SSSR count). The maximum absolute atomic E-state index is 11.1. The Morgan fingerprint density at radius 1 is 1.46 bits per heavy atom. The van der Waals surface area contributed by atoms with Crippen LogP contribution in [0.3, 0.4) is 0 Å². The molecule has 0 aromatic rings. The number of rotatable bonds is 1. The molecule has 0 saturated carbocycles. The van der Waals surface area contributed by atoms with Gasteiger partial charge >= 0.3 is 0 Å². The Balaban J connectivity index is 0.00000144. The first kappa shape index (κ1) is 12.7. The van der Waals surface area contributed by atoms with Crippen molar-refractivity contribution in [3.8, 4) is 0 Å². The Morgan fingerprint density at radius 3 is 2.31 bits per heavy atom. The second kappa shape index (κ2) is 4.79. The fraction of sp³-hybridized carbons (Fsp3) is 0.875. The summed E-state index contributed by atoms with van der Waals surface area (Å²) >= 11 is 0. The molecule has 0 radical (unpaired) electrons. The van der Waals surface area contributed by atoms with Gasteiger partial charge in [0.15, 0.2) is 0 Å². The molecule has 4 nitrogen and oxygen atoms in total. The lowest BCUT2D eigenvalue weighted by Crippen LogP contribution is -2.51. The van der Waals surface area contributed by atoms with Gasteiger partial charge in [0.1, 0.15) is 0 Å². The SMILES string of the molecule is CC1(N)CCN(C(=O)CN)CC1.Cl. The fourth-order valence-electron chi connectivity index (χ4n) is 1.40. The minimum Gasteiger partial charge on any atom is -0.341 e. The van der Waals surface area contributed by atoms with E-state index in [4.69, 9.17) is 11.5 Å². The smallest absolute Gasteiger partial charge is 0.236 e. The topological polar surface area (TPSA) is 72.3 Å². The number of piperidine rings is 1. The monoisotopic (exact) mass is 207 g/mol. The van der Waals surface area contributed by atoms with E-state index in [2.05, 4.69) is 0 Å². The summed E-state index contributed by atoms with van der Waals surface area (Å²) in [6, 6.07) is 0. The number of likely N-dealkylation sites (tertiary alicyclic amines) is 1. The van der Waals surface area contributed by atoms with Crippen molar-refractivity contribution in [3.63, 3.8) is 0 Å². The van der Waals surface area contributed by atoms with Gasteiger partial charge in [-0.3, -0.25) is 4.79 Å². The quantitative estimate of drug-likeness (QED) is 0.621. The summed E-state index contributed by atoms with van der Waals surface area (Å²) in [4.78, 5) is 12.9. The molecule has 5 heteroatoms. The lowest BCUT2D eigenvalue weighted by molar-refractivity contribution is -0.131. The molecule has 1 aliphatic rings. The van der Waals surface area contributed by atoms with Gasteiger partial charge in [-0.05, 0) is 19.8 Å². The molecule has 1 fully saturated rings. The molecule has 1 heterocycles. The van der Waals surface area contributed by atoms with Crippen LogP contribution in [-0.4, -0.2) is 36.0 Å². The zero-order valence-corrected chi connectivity index (χ0v) is 8.77. The summed E-state index contributed by atoms with van der Waals surface area (Å²) in [6.07, 6.45) is 1.75. The first-order valence-corrected chi connectivity index (χ1v) is 4.32. The number of nitrogens with two attached hydrogens (primary N) is 2. The molecule has 13 heavy (non-hydrogen) atoms. The average Bonchev–Trinajstić information content (AvgIpc) is 2.03. The number of carbonyl (C=O) groups is 1. The van der Waals surface area contributed by atoms with Crippen molar-refractivity contribution in [1.29, 1.82) is 0 Å². The fourth-order valence-corrected chi connectivity index (χ4v) is 1.40. The predicted octanol–water partition coefficient (Wildman–Crippen LogP) is -0.293. The summed E-state index contributed by atoms with van der Waals surface area (Å²) in [5.74, 6) is 0.0329. The number of nitrogens with zero attached hydrogens (tertiary/aromatic N) is 1. The number of hydrogen-bond donors (Lipinski definition) is 2. The van der Waals surface area contributed by atoms with Crippen molar-refractivity contribution in [2.24, 2.45) is 11.5 Å². The summed E-state index contributed by atoms with van der Waals surface area (Å²) in [7, 11) is 0. The van der Waals surface area contributed by atoms with Crippen molar-refractivity contribution in [2.45, 2.75) is 25.3 Å². The summed E-state index contributed by atoms with van der Waals surface area (Å²) in [6.45, 7) is 3.64. The highest BCUT2D eigenvalue weighted by molar-refractivity contribution is 5.85. The third-order valence-corrected chi connectivity index (χ3v) is 2.43. The summed E-state index contributed by atoms with van der Waals surface area (Å²) < 4.78 is 0. The second-order valence-corrected chi connectivity index (χ2v) is 3.74. The van der Waals surface area contributed by atoms with Gasteiger partial charge in [0.05, 0.1) is 6.54 Å². The van der Waals surface area contributed by atoms with Crippen LogP contribution >= 0.6 is 12.4 Å². The van der Waals surface area contributed by atoms with Gasteiger partial charge in [-0.15, -0.1) is 12.4 Å². The average molecular weight is 208 g/mol. The van der Waals surface area contributed by atoms with Crippen LogP contribution in [0.25, 0.3) is 0 Å². The Bertz CT molecular complexity index is 174. The Labute approximate surface area is 85.0 Å². The summed E-state index contributed by atoms with van der Waals surface area (Å²) in [5.41, 5.74) is 11.1. The normalized spacial score (nSPS) is 20.7. The van der Waals surface area contributed by atoms with Crippen LogP contribution in [0.1, 0.15) is 19.8 Å². The molecule has 0 atom stereocenters. The van der Waals surface area contributed by atoms with Crippen LogP contribution in [0.5, 0.6) is 0 Å². The van der Waals surface area contributed by atoms with E-state index in [0.717, 1.165) is 25.9 Å². The van der Waals surface area contributed by atoms with E-state index in [1.54, 1.807) is 4.90 Å². The first-order chi connectivity index (χ1) is 5.55. The highest BCUT2D eigenvalue weighted by Gasteiger charge is 2.27. The molecule has 1 saturated heterocycles. The van der Waals surface area contributed by atoms with E-state index in [1.807, 2.05) is 6.92 Å². The third-order valence-electron chi connectivity index (χ3n) is 2.43. The lowest BCUT2D eigenvalue weighted by atomic mass is 9.91. The molecule has 0 spiro atoms. The maximum Gasteiger partial charge on any atom is 0.236 e. The Kier molecular flexibility index (Phi) is 4.67. The lowest BCUT2D eigenvalue weighted by Gasteiger charge is -2.36. The molecule has 0 aliphatic carbocycles. The molecular weight excluding hydrogens is 190 g/mol. The highest BCUT2D eigenvalue weighted by Crippen LogP contribution is 2.18. The zero-order chi connectivity index (χ0) is 9.19. The van der Waals surface area contributed by atoms with Crippen LogP contribution in [0, 0.1) is 0 Å². The number of hydrogen-bond acceptors (Lipinski definition) is 3. The van der Waals surface area contributed by atoms with Gasteiger partial charge in [0.25, 0.3) is 0 Å². The molecular formula is C8H18ClN3O. The second-order valence-electron chi connectivity index (χ2n) is 3.74. The van der Waals surface area contributed by atoms with E-state index in [9.17, 15) is 4.79 Å². The van der Waals surface area contributed by atoms with E-state index in [1.165, 1.54) is 0 Å². The van der Waals surface area contributed by atoms with Gasteiger partial charge in [-0.25, -0.2) is 0 Å². The van der Waals surface area contributed by atoms with Gasteiger partial charge in [-0.2, -0.15) is 0 Å². The molecule has 0 aromatic carbocycles. The molecule has 78 valence electrons. The number of amides is 1. The van der Waals surface area contributed by atoms with Gasteiger partial charge in [0.2, 0.25) is 5.91 Å². The molecule has 1 amide bonds. The third kappa shape index (κ3) is 3.50. The molecule has 0 bridgehead atoms. The predicted molar refractivity (Wildman–Crippen MR) is 54.7 cm³/mol. The maximum atomic E-state index is 11.1. The van der Waals surface area contributed by atoms with E-state index < -0.39 is 0 Å². The summed E-state index contributed by atoms with van der Waals surface area (Å²) in [5, 5.41) is 0. The highest BCUT2D eigenvalue weighted by atomic mass is 35.5. The van der Waals surface area contributed by atoms with Crippen molar-refractivity contribution >= 4 is 18.3 Å². The van der Waals surface area contributed by atoms with Crippen LogP contribution in [0.15, 0.2) is 0 Å². The zero-order valence-electron chi connectivity index (χ0n) is 7.95. The van der Waals surface area contributed by atoms with E-state index >= 15 is 0 Å². The van der Waals surface area contributed by atoms with Crippen LogP contribution in [0.4, 0.5) is 0 Å². The molecule has 0 aromatic heterocycles. The minimum absolute atomic E-state index is 0. The van der Waals surface area contributed by atoms with Gasteiger partial charge in [0, 0.05) is 18.6 Å². The first-order valence-electron chi connectivity index (χ1n) is 4.32. The van der Waals surface area contributed by atoms with Crippen LogP contribution in [0.2, 0.25) is 0 Å². The number of halogens is 1. The van der Waals surface area contributed by atoms with Crippen molar-refractivity contribution < 1.29 is 4.79 Å². The Morgan fingerprint density at radius 2 is 1.92 bits per heavy atom. The number of carbonyl (C=O) groups excluding carboxylic acids is 1. The van der Waals surface area contributed by atoms with Gasteiger partial charge in [-0.1, -0.05) is 0 Å². The minimum atomic E-state index is -0.0919. The standard InChI is InChI=1S/C8H17N3O.ClH/c1-8(10)2-4-11(5-3-8)7(12)6-9;/h2-6,9-10H2,1H3;1H. The Hall–Kier alpha value is -0.320. The van der Waals surface area contributed by atoms with Crippen molar-refractivity contribution in [1.82, 2.24) is 4.90 Å². The van der Waals surface area contributed by atoms with E-state index in [0.29, 0.717) is 0 Å². The van der Waals surface area contributed by atoms with E-state index in [-0.39, 0.29) is 30.4 Å². The largest absolute Gasteiger partial charge is 0.341 e.